The van der Waals surface area contributed by atoms with Crippen LogP contribution in [0.2, 0.25) is 0 Å². The van der Waals surface area contributed by atoms with Gasteiger partial charge in [-0.2, -0.15) is 0 Å². The summed E-state index contributed by atoms with van der Waals surface area (Å²) in [5.41, 5.74) is 1.73. The summed E-state index contributed by atoms with van der Waals surface area (Å²) in [6.45, 7) is 3.24. The summed E-state index contributed by atoms with van der Waals surface area (Å²) < 4.78 is 54.2. The van der Waals surface area contributed by atoms with Gasteiger partial charge in [-0.3, -0.25) is 4.90 Å². The third kappa shape index (κ3) is 4.70. The van der Waals surface area contributed by atoms with Crippen LogP contribution in [0.3, 0.4) is 0 Å². The Morgan fingerprint density at radius 2 is 1.40 bits per heavy atom. The lowest BCUT2D eigenvalue weighted by Crippen LogP contribution is -2.45. The van der Waals surface area contributed by atoms with Crippen LogP contribution in [0, 0.1) is 5.82 Å². The van der Waals surface area contributed by atoms with E-state index in [1.165, 1.54) is 24.3 Å². The molecule has 134 valence electrons. The fourth-order valence-corrected chi connectivity index (χ4v) is 3.05. The van der Waals surface area contributed by atoms with E-state index in [0.717, 1.165) is 37.3 Å². The average Bonchev–Trinajstić information content (AvgIpc) is 2.58. The first-order valence-electron chi connectivity index (χ1n) is 7.98. The Morgan fingerprint density at radius 3 is 1.92 bits per heavy atom. The third-order valence-corrected chi connectivity index (χ3v) is 4.13. The second-order valence-electron chi connectivity index (χ2n) is 5.86. The van der Waals surface area contributed by atoms with Gasteiger partial charge in [-0.05, 0) is 35.4 Å². The van der Waals surface area contributed by atoms with Crippen molar-refractivity contribution in [3.63, 3.8) is 0 Å². The van der Waals surface area contributed by atoms with Crippen LogP contribution in [0.4, 0.5) is 17.6 Å². The Balaban J connectivity index is 1.89. The minimum atomic E-state index is -4.71. The molecule has 0 saturated carbocycles. The number of rotatable bonds is 4. The molecule has 0 aliphatic carbocycles. The summed E-state index contributed by atoms with van der Waals surface area (Å²) in [5, 5.41) is 3.27. The van der Waals surface area contributed by atoms with Crippen LogP contribution in [-0.2, 0) is 0 Å². The van der Waals surface area contributed by atoms with Crippen molar-refractivity contribution in [1.29, 1.82) is 0 Å². The topological polar surface area (TPSA) is 24.5 Å². The molecule has 0 spiro atoms. The summed E-state index contributed by atoms with van der Waals surface area (Å²) >= 11 is 0. The molecule has 1 N–H and O–H groups in total. The molecule has 0 amide bonds. The van der Waals surface area contributed by atoms with Crippen LogP contribution in [0.25, 0.3) is 0 Å². The van der Waals surface area contributed by atoms with Gasteiger partial charge in [0.1, 0.15) is 11.6 Å². The van der Waals surface area contributed by atoms with Crippen LogP contribution in [0.1, 0.15) is 17.2 Å². The second-order valence-corrected chi connectivity index (χ2v) is 5.86. The number of piperazine rings is 1. The zero-order valence-corrected chi connectivity index (χ0v) is 13.4. The molecular formula is C18H18F4N2O. The van der Waals surface area contributed by atoms with E-state index >= 15 is 0 Å². The van der Waals surface area contributed by atoms with E-state index in [1.54, 1.807) is 24.3 Å². The number of halogens is 4. The number of hydrogen-bond donors (Lipinski definition) is 1. The maximum Gasteiger partial charge on any atom is 0.573 e. The number of alkyl halides is 3. The molecule has 25 heavy (non-hydrogen) atoms. The van der Waals surface area contributed by atoms with Gasteiger partial charge in [-0.15, -0.1) is 13.2 Å². The molecule has 1 saturated heterocycles. The van der Waals surface area contributed by atoms with E-state index in [2.05, 4.69) is 15.0 Å². The monoisotopic (exact) mass is 354 g/mol. The number of benzene rings is 2. The summed E-state index contributed by atoms with van der Waals surface area (Å²) in [5.74, 6) is -0.578. The van der Waals surface area contributed by atoms with Gasteiger partial charge < -0.3 is 10.1 Å². The molecule has 3 rings (SSSR count). The van der Waals surface area contributed by atoms with E-state index in [1.807, 2.05) is 0 Å². The van der Waals surface area contributed by atoms with Crippen molar-refractivity contribution in [3.8, 4) is 5.75 Å². The molecule has 0 aromatic heterocycles. The highest BCUT2D eigenvalue weighted by atomic mass is 19.4. The fraction of sp³-hybridized carbons (Fsp3) is 0.333. The van der Waals surface area contributed by atoms with Crippen LogP contribution < -0.4 is 10.1 Å². The lowest BCUT2D eigenvalue weighted by Gasteiger charge is -2.35. The van der Waals surface area contributed by atoms with Crippen LogP contribution in [0.5, 0.6) is 5.75 Å². The summed E-state index contributed by atoms with van der Waals surface area (Å²) in [7, 11) is 0. The van der Waals surface area contributed by atoms with Crippen molar-refractivity contribution < 1.29 is 22.3 Å². The SMILES string of the molecule is Fc1ccc([C@@H](c2ccc(OC(F)(F)F)cc2)N2CCNCC2)cc1. The normalized spacial score (nSPS) is 17.3. The van der Waals surface area contributed by atoms with Crippen molar-refractivity contribution in [1.82, 2.24) is 10.2 Å². The Labute approximate surface area is 143 Å². The summed E-state index contributed by atoms with van der Waals surface area (Å²) in [6, 6.07) is 11.9. The largest absolute Gasteiger partial charge is 0.573 e. The Hall–Kier alpha value is -2.12. The summed E-state index contributed by atoms with van der Waals surface area (Å²) in [4.78, 5) is 2.23. The van der Waals surface area contributed by atoms with Crippen LogP contribution >= 0.6 is 0 Å². The first-order valence-corrected chi connectivity index (χ1v) is 7.98. The molecule has 7 heteroatoms. The highest BCUT2D eigenvalue weighted by Gasteiger charge is 2.31. The predicted molar refractivity (Wildman–Crippen MR) is 85.8 cm³/mol. The van der Waals surface area contributed by atoms with Gasteiger partial charge in [0.2, 0.25) is 0 Å². The zero-order valence-electron chi connectivity index (χ0n) is 13.4. The number of nitrogens with zero attached hydrogens (tertiary/aromatic N) is 1. The molecule has 0 unspecified atom stereocenters. The zero-order chi connectivity index (χ0) is 17.9. The lowest BCUT2D eigenvalue weighted by atomic mass is 9.96. The highest BCUT2D eigenvalue weighted by molar-refractivity contribution is 5.36. The standard InChI is InChI=1S/C18H18F4N2O/c19-15-5-1-13(2-6-15)17(24-11-9-23-10-12-24)14-3-7-16(8-4-14)25-18(20,21)22/h1-8,17,23H,9-12H2/t17-/m0/s1. The van der Waals surface area contributed by atoms with E-state index < -0.39 is 6.36 Å². The lowest BCUT2D eigenvalue weighted by molar-refractivity contribution is -0.274. The Morgan fingerprint density at radius 1 is 0.880 bits per heavy atom. The second kappa shape index (κ2) is 7.41. The molecule has 1 heterocycles. The number of hydrogen-bond acceptors (Lipinski definition) is 3. The van der Waals surface area contributed by atoms with E-state index in [0.29, 0.717) is 0 Å². The van der Waals surface area contributed by atoms with Gasteiger partial charge in [-0.25, -0.2) is 4.39 Å². The Bertz CT molecular complexity index is 680. The van der Waals surface area contributed by atoms with Crippen molar-refractivity contribution in [2.45, 2.75) is 12.4 Å². The van der Waals surface area contributed by atoms with Gasteiger partial charge in [-0.1, -0.05) is 24.3 Å². The molecule has 0 bridgehead atoms. The molecule has 1 aliphatic rings. The fourth-order valence-electron chi connectivity index (χ4n) is 3.05. The molecule has 1 atom stereocenters. The van der Waals surface area contributed by atoms with E-state index in [-0.39, 0.29) is 17.6 Å². The minimum Gasteiger partial charge on any atom is -0.406 e. The van der Waals surface area contributed by atoms with Gasteiger partial charge >= 0.3 is 6.36 Å². The summed E-state index contributed by atoms with van der Waals surface area (Å²) in [6.07, 6.45) is -4.71. The highest BCUT2D eigenvalue weighted by Crippen LogP contribution is 2.31. The molecule has 0 radical (unpaired) electrons. The molecule has 1 fully saturated rings. The number of ether oxygens (including phenoxy) is 1. The van der Waals surface area contributed by atoms with Gasteiger partial charge in [0, 0.05) is 26.2 Å². The first kappa shape index (κ1) is 17.7. The first-order chi connectivity index (χ1) is 11.9. The van der Waals surface area contributed by atoms with Crippen molar-refractivity contribution in [2.75, 3.05) is 26.2 Å². The minimum absolute atomic E-state index is 0.150. The van der Waals surface area contributed by atoms with Crippen LogP contribution in [0.15, 0.2) is 48.5 Å². The third-order valence-electron chi connectivity index (χ3n) is 4.13. The maximum absolute atomic E-state index is 13.3. The molecule has 3 nitrogen and oxygen atoms in total. The van der Waals surface area contributed by atoms with Gasteiger partial charge in [0.15, 0.2) is 0 Å². The number of nitrogens with one attached hydrogen (secondary N) is 1. The van der Waals surface area contributed by atoms with Crippen molar-refractivity contribution in [3.05, 3.63) is 65.5 Å². The average molecular weight is 354 g/mol. The molecule has 2 aromatic carbocycles. The van der Waals surface area contributed by atoms with Gasteiger partial charge in [0.25, 0.3) is 0 Å². The van der Waals surface area contributed by atoms with Crippen molar-refractivity contribution >= 4 is 0 Å². The van der Waals surface area contributed by atoms with Gasteiger partial charge in [0.05, 0.1) is 6.04 Å². The van der Waals surface area contributed by atoms with Crippen LogP contribution in [-0.4, -0.2) is 37.4 Å². The quantitative estimate of drug-likeness (QED) is 0.847. The molecule has 1 aliphatic heterocycles. The van der Waals surface area contributed by atoms with E-state index in [4.69, 9.17) is 0 Å². The molecule has 2 aromatic rings. The predicted octanol–water partition coefficient (Wildman–Crippen LogP) is 3.72. The maximum atomic E-state index is 13.3. The Kier molecular flexibility index (Phi) is 5.24. The smallest absolute Gasteiger partial charge is 0.406 e. The van der Waals surface area contributed by atoms with E-state index in [9.17, 15) is 17.6 Å². The molecular weight excluding hydrogens is 336 g/mol. The van der Waals surface area contributed by atoms with Crippen molar-refractivity contribution in [2.24, 2.45) is 0 Å².